The maximum Gasteiger partial charge on any atom is 0.198 e. The zero-order valence-electron chi connectivity index (χ0n) is 8.62. The van der Waals surface area contributed by atoms with E-state index in [1.807, 2.05) is 13.8 Å². The average Bonchev–Trinajstić information content (AvgIpc) is 2.53. The van der Waals surface area contributed by atoms with Crippen molar-refractivity contribution < 1.29 is 14.3 Å². The molecule has 0 spiro atoms. The number of aliphatic hydroxyl groups excluding tert-OH is 1. The monoisotopic (exact) mass is 196 g/mol. The number of rotatable bonds is 5. The van der Waals surface area contributed by atoms with Crippen LogP contribution in [0.5, 0.6) is 0 Å². The fraction of sp³-hybridized carbons (Fsp3) is 0.545. The highest BCUT2D eigenvalue weighted by atomic mass is 16.3. The Bertz CT molecular complexity index is 285. The van der Waals surface area contributed by atoms with E-state index in [1.54, 1.807) is 12.1 Å². The topological polar surface area (TPSA) is 50.4 Å². The van der Waals surface area contributed by atoms with Crippen molar-refractivity contribution in [1.29, 1.82) is 0 Å². The second-order valence-electron chi connectivity index (χ2n) is 4.22. The Morgan fingerprint density at radius 1 is 1.57 bits per heavy atom. The molecule has 14 heavy (non-hydrogen) atoms. The van der Waals surface area contributed by atoms with Gasteiger partial charge < -0.3 is 9.52 Å². The highest BCUT2D eigenvalue weighted by molar-refractivity contribution is 5.93. The van der Waals surface area contributed by atoms with Crippen LogP contribution < -0.4 is 0 Å². The molecule has 78 valence electrons. The fourth-order valence-corrected chi connectivity index (χ4v) is 1.35. The van der Waals surface area contributed by atoms with E-state index in [0.29, 0.717) is 18.6 Å². The lowest BCUT2D eigenvalue weighted by Crippen LogP contribution is -2.18. The fourth-order valence-electron chi connectivity index (χ4n) is 1.35. The third kappa shape index (κ3) is 3.00. The summed E-state index contributed by atoms with van der Waals surface area (Å²) in [5.41, 5.74) is -0.168. The van der Waals surface area contributed by atoms with Gasteiger partial charge in [-0.15, -0.1) is 0 Å². The molecular weight excluding hydrogens is 180 g/mol. The van der Waals surface area contributed by atoms with Crippen LogP contribution in [-0.4, -0.2) is 17.5 Å². The highest BCUT2D eigenvalue weighted by Crippen LogP contribution is 2.26. The van der Waals surface area contributed by atoms with E-state index in [4.69, 9.17) is 9.52 Å². The number of carbonyl (C=O) groups excluding carboxylic acids is 1. The molecule has 0 fully saturated rings. The van der Waals surface area contributed by atoms with Crippen molar-refractivity contribution in [3.05, 3.63) is 24.2 Å². The van der Waals surface area contributed by atoms with Crippen molar-refractivity contribution in [3.8, 4) is 0 Å². The molecule has 0 radical (unpaired) electrons. The van der Waals surface area contributed by atoms with E-state index < -0.39 is 0 Å². The third-order valence-electron chi connectivity index (χ3n) is 2.22. The maximum atomic E-state index is 11.6. The number of hydrogen-bond donors (Lipinski definition) is 1. The number of Topliss-reactive ketones (excluding diaryl/α,β-unsaturated/α-hetero) is 1. The van der Waals surface area contributed by atoms with Gasteiger partial charge >= 0.3 is 0 Å². The molecule has 1 heterocycles. The van der Waals surface area contributed by atoms with Crippen molar-refractivity contribution in [3.63, 3.8) is 0 Å². The number of hydrogen-bond acceptors (Lipinski definition) is 3. The van der Waals surface area contributed by atoms with E-state index in [9.17, 15) is 4.79 Å². The van der Waals surface area contributed by atoms with E-state index in [2.05, 4.69) is 0 Å². The van der Waals surface area contributed by atoms with Crippen LogP contribution in [-0.2, 0) is 0 Å². The summed E-state index contributed by atoms with van der Waals surface area (Å²) in [4.78, 5) is 11.6. The lowest BCUT2D eigenvalue weighted by atomic mass is 9.84. The van der Waals surface area contributed by atoms with Crippen molar-refractivity contribution >= 4 is 5.78 Å². The molecule has 1 aromatic heterocycles. The van der Waals surface area contributed by atoms with Crippen LogP contribution in [0.2, 0.25) is 0 Å². The lowest BCUT2D eigenvalue weighted by Gasteiger charge is -2.21. The van der Waals surface area contributed by atoms with Gasteiger partial charge in [0.2, 0.25) is 0 Å². The summed E-state index contributed by atoms with van der Waals surface area (Å²) in [6.45, 7) is 4.03. The first kappa shape index (κ1) is 11.0. The number of furan rings is 1. The highest BCUT2D eigenvalue weighted by Gasteiger charge is 2.23. The van der Waals surface area contributed by atoms with Gasteiger partial charge in [0.25, 0.3) is 0 Å². The lowest BCUT2D eigenvalue weighted by molar-refractivity contribution is 0.0883. The van der Waals surface area contributed by atoms with Gasteiger partial charge in [0.15, 0.2) is 11.5 Å². The Morgan fingerprint density at radius 2 is 2.29 bits per heavy atom. The predicted octanol–water partition coefficient (Wildman–Crippen LogP) is 2.26. The molecule has 3 heteroatoms. The van der Waals surface area contributed by atoms with Gasteiger partial charge in [-0.25, -0.2) is 0 Å². The van der Waals surface area contributed by atoms with E-state index in [1.165, 1.54) is 6.26 Å². The van der Waals surface area contributed by atoms with Crippen LogP contribution in [0.3, 0.4) is 0 Å². The van der Waals surface area contributed by atoms with Gasteiger partial charge in [-0.2, -0.15) is 0 Å². The number of ketones is 1. The first-order valence-corrected chi connectivity index (χ1v) is 4.73. The Morgan fingerprint density at radius 3 is 2.79 bits per heavy atom. The summed E-state index contributed by atoms with van der Waals surface area (Å²) < 4.78 is 5.01. The normalized spacial score (nSPS) is 11.6. The SMILES string of the molecule is CC(C)(CCO)CC(=O)c1ccco1. The average molecular weight is 196 g/mol. The second-order valence-corrected chi connectivity index (χ2v) is 4.22. The van der Waals surface area contributed by atoms with Crippen molar-refractivity contribution in [2.45, 2.75) is 26.7 Å². The summed E-state index contributed by atoms with van der Waals surface area (Å²) in [6, 6.07) is 3.36. The summed E-state index contributed by atoms with van der Waals surface area (Å²) >= 11 is 0. The molecule has 0 aliphatic heterocycles. The van der Waals surface area contributed by atoms with Crippen molar-refractivity contribution in [1.82, 2.24) is 0 Å². The first-order chi connectivity index (χ1) is 6.55. The summed E-state index contributed by atoms with van der Waals surface area (Å²) in [5, 5.41) is 8.81. The Kier molecular flexibility index (Phi) is 3.47. The molecular formula is C11H16O3. The molecule has 0 aliphatic carbocycles. The van der Waals surface area contributed by atoms with Gasteiger partial charge in [-0.05, 0) is 24.0 Å². The minimum Gasteiger partial charge on any atom is -0.461 e. The third-order valence-corrected chi connectivity index (χ3v) is 2.22. The van der Waals surface area contributed by atoms with Crippen LogP contribution in [0.15, 0.2) is 22.8 Å². The molecule has 1 rings (SSSR count). The molecule has 0 aromatic carbocycles. The van der Waals surface area contributed by atoms with Gasteiger partial charge in [0.1, 0.15) is 0 Å². The van der Waals surface area contributed by atoms with Crippen LogP contribution in [0.4, 0.5) is 0 Å². The van der Waals surface area contributed by atoms with Crippen molar-refractivity contribution in [2.24, 2.45) is 5.41 Å². The molecule has 1 aromatic rings. The molecule has 0 amide bonds. The molecule has 0 unspecified atom stereocenters. The Balaban J connectivity index is 2.57. The van der Waals surface area contributed by atoms with Crippen LogP contribution >= 0.6 is 0 Å². The summed E-state index contributed by atoms with van der Waals surface area (Å²) in [5.74, 6) is 0.393. The van der Waals surface area contributed by atoms with E-state index in [0.717, 1.165) is 0 Å². The predicted molar refractivity (Wildman–Crippen MR) is 53.1 cm³/mol. The van der Waals surface area contributed by atoms with Crippen LogP contribution in [0.25, 0.3) is 0 Å². The quantitative estimate of drug-likeness (QED) is 0.735. The standard InChI is InChI=1S/C11H16O3/c1-11(2,5-6-12)8-9(13)10-4-3-7-14-10/h3-4,7,12H,5-6,8H2,1-2H3. The van der Waals surface area contributed by atoms with Gasteiger partial charge in [-0.1, -0.05) is 13.8 Å². The molecule has 0 bridgehead atoms. The van der Waals surface area contributed by atoms with Crippen LogP contribution in [0, 0.1) is 5.41 Å². The summed E-state index contributed by atoms with van der Waals surface area (Å²) in [6.07, 6.45) is 2.52. The van der Waals surface area contributed by atoms with Crippen LogP contribution in [0.1, 0.15) is 37.2 Å². The molecule has 0 aliphatic rings. The molecule has 0 saturated heterocycles. The maximum absolute atomic E-state index is 11.6. The van der Waals surface area contributed by atoms with Gasteiger partial charge in [0, 0.05) is 13.0 Å². The van der Waals surface area contributed by atoms with E-state index in [-0.39, 0.29) is 17.8 Å². The van der Waals surface area contributed by atoms with Crippen molar-refractivity contribution in [2.75, 3.05) is 6.61 Å². The zero-order chi connectivity index (χ0) is 10.6. The smallest absolute Gasteiger partial charge is 0.198 e. The number of aliphatic hydroxyl groups is 1. The second kappa shape index (κ2) is 4.42. The largest absolute Gasteiger partial charge is 0.461 e. The first-order valence-electron chi connectivity index (χ1n) is 4.73. The Hall–Kier alpha value is -1.09. The van der Waals surface area contributed by atoms with Gasteiger partial charge in [-0.3, -0.25) is 4.79 Å². The molecule has 0 atom stereocenters. The van der Waals surface area contributed by atoms with E-state index >= 15 is 0 Å². The summed E-state index contributed by atoms with van der Waals surface area (Å²) in [7, 11) is 0. The molecule has 1 N–H and O–H groups in total. The minimum absolute atomic E-state index is 0.00606. The zero-order valence-corrected chi connectivity index (χ0v) is 8.62. The number of carbonyl (C=O) groups is 1. The molecule has 0 saturated carbocycles. The Labute approximate surface area is 83.7 Å². The molecule has 3 nitrogen and oxygen atoms in total. The van der Waals surface area contributed by atoms with Gasteiger partial charge in [0.05, 0.1) is 6.26 Å². The minimum atomic E-state index is -0.168.